The van der Waals surface area contributed by atoms with E-state index in [1.54, 1.807) is 0 Å². The Labute approximate surface area is 167 Å². The Morgan fingerprint density at radius 1 is 0.828 bits per heavy atom. The van der Waals surface area contributed by atoms with Crippen LogP contribution in [0.15, 0.2) is 72.8 Å². The zero-order chi connectivity index (χ0) is 20.8. The molecule has 1 atom stereocenters. The van der Waals surface area contributed by atoms with Gasteiger partial charge in [0.05, 0.1) is 6.42 Å². The van der Waals surface area contributed by atoms with Gasteiger partial charge in [-0.1, -0.05) is 60.7 Å². The van der Waals surface area contributed by atoms with Gasteiger partial charge in [0.15, 0.2) is 11.6 Å². The highest BCUT2D eigenvalue weighted by Gasteiger charge is 2.19. The first-order valence-corrected chi connectivity index (χ1v) is 9.09. The van der Waals surface area contributed by atoms with Crippen LogP contribution in [-0.4, -0.2) is 17.9 Å². The molecule has 0 heterocycles. The van der Waals surface area contributed by atoms with Gasteiger partial charge in [-0.05, 0) is 34.4 Å². The van der Waals surface area contributed by atoms with Crippen molar-refractivity contribution >= 4 is 11.8 Å². The zero-order valence-electron chi connectivity index (χ0n) is 15.6. The Morgan fingerprint density at radius 3 is 2.07 bits per heavy atom. The lowest BCUT2D eigenvalue weighted by atomic mass is 10.00. The number of amides is 2. The van der Waals surface area contributed by atoms with Crippen molar-refractivity contribution in [3.05, 3.63) is 95.6 Å². The number of halogens is 2. The minimum atomic E-state index is -1.03. The van der Waals surface area contributed by atoms with Crippen molar-refractivity contribution in [1.82, 2.24) is 5.32 Å². The molecular weight excluding hydrogens is 374 g/mol. The Bertz CT molecular complexity index is 1010. The predicted molar refractivity (Wildman–Crippen MR) is 107 cm³/mol. The topological polar surface area (TPSA) is 72.2 Å². The molecule has 3 aromatic carbocycles. The van der Waals surface area contributed by atoms with E-state index >= 15 is 0 Å². The molecule has 0 aliphatic rings. The average molecular weight is 394 g/mol. The smallest absolute Gasteiger partial charge is 0.240 e. The molecule has 6 heteroatoms. The molecule has 0 radical (unpaired) electrons. The summed E-state index contributed by atoms with van der Waals surface area (Å²) in [5.41, 5.74) is 8.67. The number of carbonyl (C=O) groups excluding carboxylic acids is 2. The lowest BCUT2D eigenvalue weighted by Crippen LogP contribution is -2.46. The SMILES string of the molecule is NC(=O)[C@@H](Cc1ccc(-c2ccccc2)cc1)NC(=O)Cc1ccc(F)c(F)c1. The zero-order valence-corrected chi connectivity index (χ0v) is 15.6. The Morgan fingerprint density at radius 2 is 1.45 bits per heavy atom. The Hall–Kier alpha value is -3.54. The van der Waals surface area contributed by atoms with Crippen molar-refractivity contribution in [3.63, 3.8) is 0 Å². The summed E-state index contributed by atoms with van der Waals surface area (Å²) in [5, 5.41) is 2.56. The normalized spacial score (nSPS) is 11.7. The van der Waals surface area contributed by atoms with Gasteiger partial charge in [-0.25, -0.2) is 8.78 Å². The molecule has 0 spiro atoms. The molecule has 0 aliphatic carbocycles. The molecule has 0 saturated heterocycles. The maximum Gasteiger partial charge on any atom is 0.240 e. The van der Waals surface area contributed by atoms with Gasteiger partial charge in [0.25, 0.3) is 0 Å². The lowest BCUT2D eigenvalue weighted by Gasteiger charge is -2.16. The number of nitrogens with two attached hydrogens (primary N) is 1. The first-order valence-electron chi connectivity index (χ1n) is 9.09. The van der Waals surface area contributed by atoms with Gasteiger partial charge in [0.1, 0.15) is 6.04 Å². The highest BCUT2D eigenvalue weighted by molar-refractivity contribution is 5.87. The molecule has 29 heavy (non-hydrogen) atoms. The van der Waals surface area contributed by atoms with E-state index in [1.165, 1.54) is 6.07 Å². The molecule has 3 aromatic rings. The van der Waals surface area contributed by atoms with Gasteiger partial charge >= 0.3 is 0 Å². The number of hydrogen-bond acceptors (Lipinski definition) is 2. The largest absolute Gasteiger partial charge is 0.368 e. The second-order valence-electron chi connectivity index (χ2n) is 6.71. The highest BCUT2D eigenvalue weighted by Crippen LogP contribution is 2.19. The second kappa shape index (κ2) is 9.10. The second-order valence-corrected chi connectivity index (χ2v) is 6.71. The van der Waals surface area contributed by atoms with E-state index in [1.807, 2.05) is 54.6 Å². The van der Waals surface area contributed by atoms with Crippen LogP contribution < -0.4 is 11.1 Å². The third kappa shape index (κ3) is 5.48. The van der Waals surface area contributed by atoms with Crippen LogP contribution in [0, 0.1) is 11.6 Å². The highest BCUT2D eigenvalue weighted by atomic mass is 19.2. The van der Waals surface area contributed by atoms with Crippen LogP contribution in [0.25, 0.3) is 11.1 Å². The molecular formula is C23H20F2N2O2. The van der Waals surface area contributed by atoms with Crippen molar-refractivity contribution in [1.29, 1.82) is 0 Å². The van der Waals surface area contributed by atoms with Gasteiger partial charge < -0.3 is 11.1 Å². The fraction of sp³-hybridized carbons (Fsp3) is 0.130. The van der Waals surface area contributed by atoms with Crippen LogP contribution in [0.5, 0.6) is 0 Å². The van der Waals surface area contributed by atoms with Crippen molar-refractivity contribution in [2.24, 2.45) is 5.73 Å². The van der Waals surface area contributed by atoms with Crippen LogP contribution in [-0.2, 0) is 22.4 Å². The monoisotopic (exact) mass is 394 g/mol. The van der Waals surface area contributed by atoms with E-state index in [4.69, 9.17) is 5.73 Å². The number of primary amides is 1. The van der Waals surface area contributed by atoms with Crippen LogP contribution in [0.4, 0.5) is 8.78 Å². The van der Waals surface area contributed by atoms with Gasteiger partial charge in [-0.2, -0.15) is 0 Å². The fourth-order valence-corrected chi connectivity index (χ4v) is 3.00. The summed E-state index contributed by atoms with van der Waals surface area (Å²) in [6.45, 7) is 0. The molecule has 0 unspecified atom stereocenters. The summed E-state index contributed by atoms with van der Waals surface area (Å²) in [6.07, 6.45) is 0.0435. The quantitative estimate of drug-likeness (QED) is 0.645. The molecule has 0 aliphatic heterocycles. The number of nitrogens with one attached hydrogen (secondary N) is 1. The minimum absolute atomic E-state index is 0.187. The standard InChI is InChI=1S/C23H20F2N2O2/c24-19-11-8-16(12-20(19)25)14-22(28)27-21(23(26)29)13-15-6-9-18(10-7-15)17-4-2-1-3-5-17/h1-12,21H,13-14H2,(H2,26,29)(H,27,28)/t21-/m1/s1. The van der Waals surface area contributed by atoms with Crippen LogP contribution >= 0.6 is 0 Å². The van der Waals surface area contributed by atoms with Gasteiger partial charge in [-0.3, -0.25) is 9.59 Å². The average Bonchev–Trinajstić information content (AvgIpc) is 2.71. The molecule has 0 saturated carbocycles. The maximum atomic E-state index is 13.3. The van der Waals surface area contributed by atoms with E-state index in [9.17, 15) is 18.4 Å². The Balaban J connectivity index is 1.64. The first kappa shape index (κ1) is 20.2. The van der Waals surface area contributed by atoms with E-state index < -0.39 is 29.5 Å². The molecule has 0 aromatic heterocycles. The van der Waals surface area contributed by atoms with E-state index in [2.05, 4.69) is 5.32 Å². The number of hydrogen-bond donors (Lipinski definition) is 2. The fourth-order valence-electron chi connectivity index (χ4n) is 3.00. The number of carbonyl (C=O) groups is 2. The Kier molecular flexibility index (Phi) is 6.34. The number of rotatable bonds is 7. The summed E-state index contributed by atoms with van der Waals surface area (Å²) < 4.78 is 26.3. The van der Waals surface area contributed by atoms with E-state index in [-0.39, 0.29) is 12.8 Å². The van der Waals surface area contributed by atoms with Crippen molar-refractivity contribution in [2.75, 3.05) is 0 Å². The van der Waals surface area contributed by atoms with Crippen LogP contribution in [0.3, 0.4) is 0 Å². The summed E-state index contributed by atoms with van der Waals surface area (Å²) in [5.74, 6) is -3.18. The minimum Gasteiger partial charge on any atom is -0.368 e. The van der Waals surface area contributed by atoms with Crippen molar-refractivity contribution in [3.8, 4) is 11.1 Å². The maximum absolute atomic E-state index is 13.3. The van der Waals surface area contributed by atoms with Gasteiger partial charge in [0.2, 0.25) is 11.8 Å². The van der Waals surface area contributed by atoms with E-state index in [0.29, 0.717) is 5.56 Å². The molecule has 3 rings (SSSR count). The van der Waals surface area contributed by atoms with Crippen molar-refractivity contribution in [2.45, 2.75) is 18.9 Å². The van der Waals surface area contributed by atoms with Gasteiger partial charge in [-0.15, -0.1) is 0 Å². The summed E-state index contributed by atoms with van der Waals surface area (Å²) in [6, 6.07) is 19.8. The van der Waals surface area contributed by atoms with Crippen LogP contribution in [0.1, 0.15) is 11.1 Å². The molecule has 0 fully saturated rings. The summed E-state index contributed by atoms with van der Waals surface area (Å²) in [4.78, 5) is 24.0. The molecule has 0 bridgehead atoms. The third-order valence-electron chi connectivity index (χ3n) is 4.53. The lowest BCUT2D eigenvalue weighted by molar-refractivity contribution is -0.127. The predicted octanol–water partition coefficient (Wildman–Crippen LogP) is 3.39. The molecule has 2 amide bonds. The molecule has 4 nitrogen and oxygen atoms in total. The first-order chi connectivity index (χ1) is 13.9. The molecule has 3 N–H and O–H groups in total. The summed E-state index contributed by atoms with van der Waals surface area (Å²) >= 11 is 0. The molecule has 148 valence electrons. The third-order valence-corrected chi connectivity index (χ3v) is 4.53. The van der Waals surface area contributed by atoms with Crippen molar-refractivity contribution < 1.29 is 18.4 Å². The van der Waals surface area contributed by atoms with Gasteiger partial charge in [0, 0.05) is 6.42 Å². The van der Waals surface area contributed by atoms with E-state index in [0.717, 1.165) is 28.8 Å². The van der Waals surface area contributed by atoms with Crippen LogP contribution in [0.2, 0.25) is 0 Å². The summed E-state index contributed by atoms with van der Waals surface area (Å²) in [7, 11) is 0. The number of benzene rings is 3.